The van der Waals surface area contributed by atoms with Crippen LogP contribution in [-0.2, 0) is 19.0 Å². The van der Waals surface area contributed by atoms with E-state index in [4.69, 9.17) is 0 Å². The number of rotatable bonds is 10. The van der Waals surface area contributed by atoms with E-state index in [0.717, 1.165) is 31.4 Å². The first-order chi connectivity index (χ1) is 15.3. The second-order valence-corrected chi connectivity index (χ2v) is 7.72. The van der Waals surface area contributed by atoms with E-state index in [0.29, 0.717) is 17.7 Å². The molecule has 0 aliphatic carbocycles. The van der Waals surface area contributed by atoms with Crippen molar-refractivity contribution in [3.05, 3.63) is 107 Å². The SMILES string of the molecule is O=C(c1ccc(F)cc1)C(Cc1ccc(C(F)(F)F)cc1)NCCCCc1ccccc1. The number of alkyl halides is 3. The lowest BCUT2D eigenvalue weighted by molar-refractivity contribution is -0.137. The van der Waals surface area contributed by atoms with Crippen molar-refractivity contribution in [2.75, 3.05) is 6.54 Å². The second-order valence-electron chi connectivity index (χ2n) is 7.72. The normalized spacial score (nSPS) is 12.5. The Balaban J connectivity index is 1.63. The molecule has 0 fully saturated rings. The van der Waals surface area contributed by atoms with E-state index in [2.05, 4.69) is 17.4 Å². The van der Waals surface area contributed by atoms with Gasteiger partial charge in [0.1, 0.15) is 5.82 Å². The molecule has 0 saturated heterocycles. The molecule has 0 saturated carbocycles. The number of carbonyl (C=O) groups excluding carboxylic acids is 1. The molecule has 0 bridgehead atoms. The Bertz CT molecular complexity index is 983. The van der Waals surface area contributed by atoms with Gasteiger partial charge < -0.3 is 5.32 Å². The highest BCUT2D eigenvalue weighted by atomic mass is 19.4. The van der Waals surface area contributed by atoms with Crippen molar-refractivity contribution in [1.82, 2.24) is 5.32 Å². The molecule has 0 amide bonds. The Hall–Kier alpha value is -2.99. The first kappa shape index (κ1) is 23.7. The molecule has 3 aromatic rings. The number of hydrogen-bond acceptors (Lipinski definition) is 2. The molecule has 1 N–H and O–H groups in total. The number of carbonyl (C=O) groups is 1. The first-order valence-electron chi connectivity index (χ1n) is 10.6. The van der Waals surface area contributed by atoms with Gasteiger partial charge >= 0.3 is 6.18 Å². The molecule has 0 heterocycles. The smallest absolute Gasteiger partial charge is 0.307 e. The summed E-state index contributed by atoms with van der Waals surface area (Å²) >= 11 is 0. The van der Waals surface area contributed by atoms with Crippen molar-refractivity contribution in [3.63, 3.8) is 0 Å². The molecular formula is C26H25F4NO. The lowest BCUT2D eigenvalue weighted by Crippen LogP contribution is -2.39. The Kier molecular flexibility index (Phi) is 8.17. The predicted octanol–water partition coefficient (Wildman–Crippen LogP) is 6.25. The average Bonchev–Trinajstić information content (AvgIpc) is 2.78. The Labute approximate surface area is 185 Å². The van der Waals surface area contributed by atoms with Gasteiger partial charge in [0.15, 0.2) is 5.78 Å². The van der Waals surface area contributed by atoms with Crippen LogP contribution < -0.4 is 5.32 Å². The average molecular weight is 443 g/mol. The van der Waals surface area contributed by atoms with Gasteiger partial charge in [0.2, 0.25) is 0 Å². The van der Waals surface area contributed by atoms with Crippen molar-refractivity contribution < 1.29 is 22.4 Å². The van der Waals surface area contributed by atoms with Gasteiger partial charge in [-0.2, -0.15) is 13.2 Å². The molecule has 32 heavy (non-hydrogen) atoms. The van der Waals surface area contributed by atoms with Crippen molar-refractivity contribution in [3.8, 4) is 0 Å². The standard InChI is InChI=1S/C26H25F4NO/c27-23-15-11-21(12-16-23)25(32)24(18-20-9-13-22(14-10-20)26(28,29)30)31-17-5-4-8-19-6-2-1-3-7-19/h1-3,6-7,9-16,24,31H,4-5,8,17-18H2. The lowest BCUT2D eigenvalue weighted by Gasteiger charge is -2.18. The largest absolute Gasteiger partial charge is 0.416 e. The van der Waals surface area contributed by atoms with Crippen LogP contribution in [0.2, 0.25) is 0 Å². The van der Waals surface area contributed by atoms with Crippen LogP contribution >= 0.6 is 0 Å². The van der Waals surface area contributed by atoms with Gasteiger partial charge in [-0.3, -0.25) is 4.79 Å². The van der Waals surface area contributed by atoms with Gasteiger partial charge in [-0.1, -0.05) is 42.5 Å². The van der Waals surface area contributed by atoms with Gasteiger partial charge in [0, 0.05) is 5.56 Å². The highest BCUT2D eigenvalue weighted by Gasteiger charge is 2.30. The van der Waals surface area contributed by atoms with Gasteiger partial charge in [-0.25, -0.2) is 4.39 Å². The molecule has 0 aliphatic heterocycles. The number of aryl methyl sites for hydroxylation is 1. The van der Waals surface area contributed by atoms with Gasteiger partial charge in [0.25, 0.3) is 0 Å². The maximum Gasteiger partial charge on any atom is 0.416 e. The predicted molar refractivity (Wildman–Crippen MR) is 117 cm³/mol. The van der Waals surface area contributed by atoms with Crippen LogP contribution in [0, 0.1) is 5.82 Å². The van der Waals surface area contributed by atoms with E-state index in [9.17, 15) is 22.4 Å². The summed E-state index contributed by atoms with van der Waals surface area (Å²) in [6.45, 7) is 0.588. The van der Waals surface area contributed by atoms with Gasteiger partial charge in [-0.15, -0.1) is 0 Å². The quantitative estimate of drug-likeness (QED) is 0.228. The maximum absolute atomic E-state index is 13.2. The van der Waals surface area contributed by atoms with Crippen LogP contribution in [0.5, 0.6) is 0 Å². The summed E-state index contributed by atoms with van der Waals surface area (Å²) in [4.78, 5) is 13.0. The van der Waals surface area contributed by atoms with E-state index >= 15 is 0 Å². The summed E-state index contributed by atoms with van der Waals surface area (Å²) < 4.78 is 51.7. The molecule has 3 aromatic carbocycles. The maximum atomic E-state index is 13.2. The first-order valence-corrected chi connectivity index (χ1v) is 10.6. The number of Topliss-reactive ketones (excluding diaryl/α,β-unsaturated/α-hetero) is 1. The molecular weight excluding hydrogens is 418 g/mol. The molecule has 2 nitrogen and oxygen atoms in total. The van der Waals surface area contributed by atoms with Crippen LogP contribution in [0.4, 0.5) is 17.6 Å². The van der Waals surface area contributed by atoms with Crippen LogP contribution in [-0.4, -0.2) is 18.4 Å². The zero-order valence-electron chi connectivity index (χ0n) is 17.5. The molecule has 0 spiro atoms. The van der Waals surface area contributed by atoms with Crippen molar-refractivity contribution in [1.29, 1.82) is 0 Å². The van der Waals surface area contributed by atoms with Gasteiger partial charge in [-0.05, 0) is 79.8 Å². The molecule has 3 rings (SSSR count). The summed E-state index contributed by atoms with van der Waals surface area (Å²) in [6, 6.07) is 19.6. The molecule has 1 unspecified atom stereocenters. The van der Waals surface area contributed by atoms with E-state index in [1.54, 1.807) is 0 Å². The third-order valence-electron chi connectivity index (χ3n) is 5.29. The third-order valence-corrected chi connectivity index (χ3v) is 5.29. The van der Waals surface area contributed by atoms with Gasteiger partial charge in [0.05, 0.1) is 11.6 Å². The van der Waals surface area contributed by atoms with Crippen molar-refractivity contribution in [2.24, 2.45) is 0 Å². The summed E-state index contributed by atoms with van der Waals surface area (Å²) in [5, 5.41) is 3.25. The number of ketones is 1. The molecule has 168 valence electrons. The zero-order chi connectivity index (χ0) is 23.0. The number of nitrogens with one attached hydrogen (secondary N) is 1. The zero-order valence-corrected chi connectivity index (χ0v) is 17.5. The minimum Gasteiger partial charge on any atom is -0.307 e. The summed E-state index contributed by atoms with van der Waals surface area (Å²) in [5.41, 5.74) is 1.50. The summed E-state index contributed by atoms with van der Waals surface area (Å²) in [5.74, 6) is -0.650. The third kappa shape index (κ3) is 7.02. The van der Waals surface area contributed by atoms with Crippen molar-refractivity contribution >= 4 is 5.78 Å². The monoisotopic (exact) mass is 443 g/mol. The van der Waals surface area contributed by atoms with Crippen LogP contribution in [0.1, 0.15) is 39.9 Å². The molecule has 1 atom stereocenters. The topological polar surface area (TPSA) is 29.1 Å². The van der Waals surface area contributed by atoms with Crippen LogP contribution in [0.25, 0.3) is 0 Å². The molecule has 0 aromatic heterocycles. The number of halogens is 4. The minimum absolute atomic E-state index is 0.215. The summed E-state index contributed by atoms with van der Waals surface area (Å²) in [6.07, 6.45) is -1.45. The molecule has 6 heteroatoms. The lowest BCUT2D eigenvalue weighted by atomic mass is 9.96. The summed E-state index contributed by atoms with van der Waals surface area (Å²) in [7, 11) is 0. The number of hydrogen-bond donors (Lipinski definition) is 1. The number of unbranched alkanes of at least 4 members (excludes halogenated alkanes) is 1. The van der Waals surface area contributed by atoms with E-state index < -0.39 is 23.6 Å². The van der Waals surface area contributed by atoms with E-state index in [1.165, 1.54) is 42.0 Å². The van der Waals surface area contributed by atoms with Crippen LogP contribution in [0.3, 0.4) is 0 Å². The minimum atomic E-state index is -4.40. The fourth-order valence-corrected chi connectivity index (χ4v) is 3.51. The van der Waals surface area contributed by atoms with E-state index in [-0.39, 0.29) is 12.2 Å². The van der Waals surface area contributed by atoms with Crippen molar-refractivity contribution in [2.45, 2.75) is 37.9 Å². The number of benzene rings is 3. The molecule has 0 aliphatic rings. The Morgan fingerprint density at radius 3 is 2.09 bits per heavy atom. The fraction of sp³-hybridized carbons (Fsp3) is 0.269. The Morgan fingerprint density at radius 1 is 0.812 bits per heavy atom. The molecule has 0 radical (unpaired) electrons. The Morgan fingerprint density at radius 2 is 1.47 bits per heavy atom. The highest BCUT2D eigenvalue weighted by Crippen LogP contribution is 2.29. The highest BCUT2D eigenvalue weighted by molar-refractivity contribution is 6.00. The van der Waals surface area contributed by atoms with E-state index in [1.807, 2.05) is 18.2 Å². The second kappa shape index (κ2) is 11.0. The fourth-order valence-electron chi connectivity index (χ4n) is 3.51. The van der Waals surface area contributed by atoms with Crippen LogP contribution in [0.15, 0.2) is 78.9 Å².